The van der Waals surface area contributed by atoms with E-state index >= 15 is 0 Å². The van der Waals surface area contributed by atoms with Gasteiger partial charge >= 0.3 is 5.97 Å². The summed E-state index contributed by atoms with van der Waals surface area (Å²) >= 11 is 0. The number of aromatic carboxylic acids is 1. The molecule has 2 aromatic rings. The average molecular weight is 472 g/mol. The normalized spacial score (nSPS) is 15.1. The lowest BCUT2D eigenvalue weighted by atomic mass is 10.0. The van der Waals surface area contributed by atoms with E-state index in [-0.39, 0.29) is 23.3 Å². The molecular formula is C25H35N4O5+. The van der Waals surface area contributed by atoms with Crippen LogP contribution in [0.3, 0.4) is 0 Å². The van der Waals surface area contributed by atoms with Crippen molar-refractivity contribution in [3.05, 3.63) is 41.9 Å². The molecule has 1 saturated heterocycles. The SMILES string of the molecule is CCC(=O)CCCCC[C@H](NC(=O)CN1CCOCC1)c1[nH]c(-c2cccc(C(=O)O)c2)c[nH+]1. The summed E-state index contributed by atoms with van der Waals surface area (Å²) in [5.41, 5.74) is 1.71. The number of hydrogen-bond donors (Lipinski definition) is 3. The molecule has 9 heteroatoms. The fraction of sp³-hybridized carbons (Fsp3) is 0.520. The number of H-pyrrole nitrogens is 2. The Morgan fingerprint density at radius 3 is 2.74 bits per heavy atom. The van der Waals surface area contributed by atoms with Crippen molar-refractivity contribution in [3.8, 4) is 11.3 Å². The van der Waals surface area contributed by atoms with Crippen LogP contribution < -0.4 is 10.3 Å². The van der Waals surface area contributed by atoms with Crippen molar-refractivity contribution in [2.75, 3.05) is 32.8 Å². The number of benzene rings is 1. The van der Waals surface area contributed by atoms with E-state index in [4.69, 9.17) is 4.74 Å². The van der Waals surface area contributed by atoms with Gasteiger partial charge in [0.05, 0.1) is 25.3 Å². The molecule has 3 rings (SSSR count). The molecule has 9 nitrogen and oxygen atoms in total. The van der Waals surface area contributed by atoms with Crippen molar-refractivity contribution in [2.45, 2.75) is 51.5 Å². The minimum atomic E-state index is -0.979. The number of hydrogen-bond acceptors (Lipinski definition) is 5. The molecule has 1 aliphatic rings. The first-order valence-corrected chi connectivity index (χ1v) is 12.0. The van der Waals surface area contributed by atoms with Crippen molar-refractivity contribution in [1.82, 2.24) is 15.2 Å². The van der Waals surface area contributed by atoms with E-state index in [1.54, 1.807) is 24.4 Å². The van der Waals surface area contributed by atoms with Gasteiger partial charge in [-0.3, -0.25) is 14.5 Å². The number of morpholine rings is 1. The second-order valence-corrected chi connectivity index (χ2v) is 8.63. The van der Waals surface area contributed by atoms with Gasteiger partial charge in [-0.05, 0) is 25.0 Å². The lowest BCUT2D eigenvalue weighted by molar-refractivity contribution is -0.391. The Kier molecular flexibility index (Phi) is 9.78. The molecule has 1 aromatic heterocycles. The van der Waals surface area contributed by atoms with Crippen LogP contribution in [0.2, 0.25) is 0 Å². The fourth-order valence-electron chi connectivity index (χ4n) is 4.05. The number of Topliss-reactive ketones (excluding diaryl/α,β-unsaturated/α-hetero) is 1. The van der Waals surface area contributed by atoms with E-state index in [0.717, 1.165) is 55.9 Å². The number of nitrogens with one attached hydrogen (secondary N) is 3. The minimum Gasteiger partial charge on any atom is -0.478 e. The van der Waals surface area contributed by atoms with Gasteiger partial charge in [0, 0.05) is 31.5 Å². The Balaban J connectivity index is 1.66. The van der Waals surface area contributed by atoms with Gasteiger partial charge in [0.2, 0.25) is 5.91 Å². The third-order valence-corrected chi connectivity index (χ3v) is 6.06. The number of carboxylic acid groups (broad SMARTS) is 1. The number of aromatic nitrogens is 2. The molecule has 1 aliphatic heterocycles. The standard InChI is InChI=1S/C25H34N4O5/c1-2-20(30)9-4-3-5-10-21(27-23(31)17-29-11-13-34-14-12-29)24-26-16-22(28-24)18-7-6-8-19(15-18)25(32)33/h6-8,15-16,21H,2-5,9-14,17H2,1H3,(H,26,28)(H,27,31)(H,32,33)/p+1/t21-/m0/s1. The monoisotopic (exact) mass is 471 g/mol. The highest BCUT2D eigenvalue weighted by Gasteiger charge is 2.24. The molecule has 2 heterocycles. The third-order valence-electron chi connectivity index (χ3n) is 6.06. The van der Waals surface area contributed by atoms with Crippen LogP contribution in [0.25, 0.3) is 11.3 Å². The second-order valence-electron chi connectivity index (χ2n) is 8.63. The summed E-state index contributed by atoms with van der Waals surface area (Å²) in [7, 11) is 0. The van der Waals surface area contributed by atoms with E-state index < -0.39 is 5.97 Å². The Morgan fingerprint density at radius 2 is 2.00 bits per heavy atom. The molecule has 0 spiro atoms. The van der Waals surface area contributed by atoms with Crippen molar-refractivity contribution in [3.63, 3.8) is 0 Å². The number of aromatic amines is 2. The Hall–Kier alpha value is -3.04. The lowest BCUT2D eigenvalue weighted by Gasteiger charge is -2.26. The Labute approximate surface area is 199 Å². The van der Waals surface area contributed by atoms with Crippen LogP contribution in [0.5, 0.6) is 0 Å². The smallest absolute Gasteiger partial charge is 0.335 e. The molecule has 0 saturated carbocycles. The number of ether oxygens (including phenoxy) is 1. The zero-order valence-electron chi connectivity index (χ0n) is 19.8. The summed E-state index contributed by atoms with van der Waals surface area (Å²) in [5.74, 6) is 0.00916. The number of carbonyl (C=O) groups is 3. The van der Waals surface area contributed by atoms with Crippen molar-refractivity contribution in [1.29, 1.82) is 0 Å². The maximum absolute atomic E-state index is 12.8. The molecule has 4 N–H and O–H groups in total. The average Bonchev–Trinajstić information content (AvgIpc) is 3.34. The highest BCUT2D eigenvalue weighted by atomic mass is 16.5. The maximum atomic E-state index is 12.8. The summed E-state index contributed by atoms with van der Waals surface area (Å²) < 4.78 is 5.36. The molecule has 0 radical (unpaired) electrons. The van der Waals surface area contributed by atoms with Crippen molar-refractivity contribution in [2.24, 2.45) is 0 Å². The number of ketones is 1. The summed E-state index contributed by atoms with van der Waals surface area (Å²) in [6, 6.07) is 6.47. The van der Waals surface area contributed by atoms with Gasteiger partial charge in [-0.15, -0.1) is 0 Å². The number of carboxylic acids is 1. The van der Waals surface area contributed by atoms with Crippen LogP contribution in [0.15, 0.2) is 30.5 Å². The number of amides is 1. The minimum absolute atomic E-state index is 0.0505. The zero-order chi connectivity index (χ0) is 24.3. The second kappa shape index (κ2) is 13.0. The zero-order valence-corrected chi connectivity index (χ0v) is 19.8. The van der Waals surface area contributed by atoms with Gasteiger partial charge in [-0.25, -0.2) is 14.8 Å². The first kappa shape index (κ1) is 25.6. The molecule has 1 atom stereocenters. The number of imidazole rings is 1. The highest BCUT2D eigenvalue weighted by molar-refractivity contribution is 5.89. The van der Waals surface area contributed by atoms with Crippen LogP contribution in [-0.4, -0.2) is 65.5 Å². The van der Waals surface area contributed by atoms with E-state index in [2.05, 4.69) is 20.2 Å². The third kappa shape index (κ3) is 7.78. The van der Waals surface area contributed by atoms with E-state index in [1.807, 2.05) is 13.0 Å². The van der Waals surface area contributed by atoms with Gasteiger partial charge in [0.25, 0.3) is 5.82 Å². The van der Waals surface area contributed by atoms with E-state index in [1.165, 1.54) is 0 Å². The van der Waals surface area contributed by atoms with Crippen LogP contribution in [-0.2, 0) is 14.3 Å². The molecule has 1 amide bonds. The van der Waals surface area contributed by atoms with Crippen molar-refractivity contribution >= 4 is 17.7 Å². The molecule has 0 unspecified atom stereocenters. The van der Waals surface area contributed by atoms with Gasteiger partial charge in [-0.2, -0.15) is 0 Å². The van der Waals surface area contributed by atoms with Gasteiger partial charge in [-0.1, -0.05) is 31.9 Å². The largest absolute Gasteiger partial charge is 0.478 e. The van der Waals surface area contributed by atoms with Crippen LogP contribution in [0.4, 0.5) is 0 Å². The van der Waals surface area contributed by atoms with Gasteiger partial charge in [0.1, 0.15) is 18.0 Å². The summed E-state index contributed by atoms with van der Waals surface area (Å²) in [4.78, 5) is 44.3. The van der Waals surface area contributed by atoms with Crippen LogP contribution in [0.1, 0.15) is 67.7 Å². The molecule has 0 bridgehead atoms. The van der Waals surface area contributed by atoms with Crippen molar-refractivity contribution < 1.29 is 29.2 Å². The van der Waals surface area contributed by atoms with Gasteiger partial charge in [0.15, 0.2) is 5.69 Å². The Morgan fingerprint density at radius 1 is 1.21 bits per heavy atom. The number of nitrogens with zero attached hydrogens (tertiary/aromatic N) is 1. The summed E-state index contributed by atoms with van der Waals surface area (Å²) in [6.07, 6.45) is 6.32. The summed E-state index contributed by atoms with van der Waals surface area (Å²) in [6.45, 7) is 4.95. The van der Waals surface area contributed by atoms with E-state index in [9.17, 15) is 19.5 Å². The molecule has 1 fully saturated rings. The predicted molar refractivity (Wildman–Crippen MR) is 126 cm³/mol. The number of unbranched alkanes of at least 4 members (excludes halogenated alkanes) is 2. The number of rotatable bonds is 13. The highest BCUT2D eigenvalue weighted by Crippen LogP contribution is 2.22. The lowest BCUT2D eigenvalue weighted by Crippen LogP contribution is -2.44. The topological polar surface area (TPSA) is 126 Å². The first-order valence-electron chi connectivity index (χ1n) is 12.0. The molecule has 0 aliphatic carbocycles. The molecule has 34 heavy (non-hydrogen) atoms. The maximum Gasteiger partial charge on any atom is 0.335 e. The molecule has 1 aromatic carbocycles. The fourth-order valence-corrected chi connectivity index (χ4v) is 4.05. The van der Waals surface area contributed by atoms with E-state index in [0.29, 0.717) is 32.6 Å². The Bertz CT molecular complexity index is 968. The molecule has 184 valence electrons. The molecular weight excluding hydrogens is 436 g/mol. The summed E-state index contributed by atoms with van der Waals surface area (Å²) in [5, 5.41) is 12.4. The van der Waals surface area contributed by atoms with Gasteiger partial charge < -0.3 is 15.2 Å². The quantitative estimate of drug-likeness (QED) is 0.386. The van der Waals surface area contributed by atoms with Crippen LogP contribution in [0, 0.1) is 0 Å². The first-order chi connectivity index (χ1) is 16.5. The number of carbonyl (C=O) groups excluding carboxylic acids is 2. The predicted octanol–water partition coefficient (Wildman–Crippen LogP) is 2.61. The van der Waals surface area contributed by atoms with Crippen LogP contribution >= 0.6 is 0 Å².